The molecule has 5 rings (SSSR count). The number of fused-ring (bicyclic) bond motifs is 1. The first-order valence-corrected chi connectivity index (χ1v) is 10.4. The molecule has 28 heavy (non-hydrogen) atoms. The molecule has 0 amide bonds. The Morgan fingerprint density at radius 3 is 2.43 bits per heavy atom. The smallest absolute Gasteiger partial charge is 0.119 e. The Hall–Kier alpha value is -2.53. The quantitative estimate of drug-likeness (QED) is 0.690. The minimum atomic E-state index is 0.532. The number of hydrogen-bond donors (Lipinski definition) is 0. The van der Waals surface area contributed by atoms with Crippen molar-refractivity contribution in [2.45, 2.75) is 31.3 Å². The summed E-state index contributed by atoms with van der Waals surface area (Å²) in [5.41, 5.74) is 2.57. The van der Waals surface area contributed by atoms with Crippen molar-refractivity contribution >= 4 is 16.6 Å². The summed E-state index contributed by atoms with van der Waals surface area (Å²) in [6, 6.07) is 18.2. The fourth-order valence-corrected chi connectivity index (χ4v) is 4.91. The van der Waals surface area contributed by atoms with Gasteiger partial charge in [0, 0.05) is 43.3 Å². The van der Waals surface area contributed by atoms with Gasteiger partial charge in [0.15, 0.2) is 0 Å². The van der Waals surface area contributed by atoms with E-state index in [0.717, 1.165) is 31.9 Å². The molecule has 1 aromatic heterocycles. The highest BCUT2D eigenvalue weighted by Gasteiger charge is 2.32. The van der Waals surface area contributed by atoms with Gasteiger partial charge in [-0.1, -0.05) is 18.2 Å². The van der Waals surface area contributed by atoms with E-state index >= 15 is 0 Å². The van der Waals surface area contributed by atoms with E-state index in [0.29, 0.717) is 12.1 Å². The monoisotopic (exact) mass is 376 g/mol. The minimum absolute atomic E-state index is 0.532. The summed E-state index contributed by atoms with van der Waals surface area (Å²) in [5.74, 6) is 0.922. The maximum atomic E-state index is 5.27. The van der Waals surface area contributed by atoms with Gasteiger partial charge in [0.1, 0.15) is 5.75 Å². The number of anilines is 1. The zero-order valence-electron chi connectivity index (χ0n) is 16.5. The summed E-state index contributed by atoms with van der Waals surface area (Å²) in [5, 5.41) is 5.95. The number of benzene rings is 2. The van der Waals surface area contributed by atoms with Crippen LogP contribution in [0.25, 0.3) is 10.9 Å². The Bertz CT molecular complexity index is 927. The van der Waals surface area contributed by atoms with Crippen molar-refractivity contribution in [3.05, 3.63) is 54.7 Å². The number of piperazine rings is 1. The third-order valence-electron chi connectivity index (χ3n) is 6.50. The van der Waals surface area contributed by atoms with Gasteiger partial charge in [-0.3, -0.25) is 9.58 Å². The highest BCUT2D eigenvalue weighted by atomic mass is 16.5. The summed E-state index contributed by atoms with van der Waals surface area (Å²) in [6.45, 7) is 4.48. The topological polar surface area (TPSA) is 33.5 Å². The van der Waals surface area contributed by atoms with Crippen LogP contribution in [0.1, 0.15) is 25.3 Å². The van der Waals surface area contributed by atoms with Crippen LogP contribution in [0.5, 0.6) is 5.75 Å². The summed E-state index contributed by atoms with van der Waals surface area (Å²) >= 11 is 0. The van der Waals surface area contributed by atoms with Crippen molar-refractivity contribution in [2.75, 3.05) is 38.2 Å². The minimum Gasteiger partial charge on any atom is -0.497 e. The van der Waals surface area contributed by atoms with Gasteiger partial charge in [0.2, 0.25) is 0 Å². The normalized spacial score (nSPS) is 23.4. The first kappa shape index (κ1) is 17.6. The van der Waals surface area contributed by atoms with Crippen LogP contribution in [-0.4, -0.2) is 54.0 Å². The zero-order chi connectivity index (χ0) is 18.9. The Labute approximate surface area is 166 Å². The molecule has 2 unspecified atom stereocenters. The van der Waals surface area contributed by atoms with Crippen molar-refractivity contribution in [2.24, 2.45) is 0 Å². The van der Waals surface area contributed by atoms with E-state index in [1.807, 2.05) is 6.20 Å². The summed E-state index contributed by atoms with van der Waals surface area (Å²) in [4.78, 5) is 5.19. The van der Waals surface area contributed by atoms with Crippen LogP contribution in [0.15, 0.2) is 54.7 Å². The number of rotatable bonds is 4. The number of hydrogen-bond acceptors (Lipinski definition) is 4. The highest BCUT2D eigenvalue weighted by molar-refractivity contribution is 5.78. The van der Waals surface area contributed by atoms with Crippen molar-refractivity contribution in [1.82, 2.24) is 14.7 Å². The number of para-hydroxylation sites is 1. The molecule has 5 heteroatoms. The third kappa shape index (κ3) is 3.24. The number of ether oxygens (including phenoxy) is 1. The van der Waals surface area contributed by atoms with E-state index in [9.17, 15) is 0 Å². The Balaban J connectivity index is 1.20. The molecular weight excluding hydrogens is 348 g/mol. The van der Waals surface area contributed by atoms with Crippen LogP contribution < -0.4 is 9.64 Å². The molecule has 2 heterocycles. The molecule has 1 aliphatic heterocycles. The van der Waals surface area contributed by atoms with Crippen molar-refractivity contribution in [3.8, 4) is 5.75 Å². The first-order valence-electron chi connectivity index (χ1n) is 10.4. The molecule has 2 aromatic carbocycles. The summed E-state index contributed by atoms with van der Waals surface area (Å²) in [6.07, 6.45) is 5.74. The Morgan fingerprint density at radius 1 is 0.893 bits per heavy atom. The third-order valence-corrected chi connectivity index (χ3v) is 6.50. The zero-order valence-corrected chi connectivity index (χ0v) is 16.5. The largest absolute Gasteiger partial charge is 0.497 e. The maximum Gasteiger partial charge on any atom is 0.119 e. The molecule has 2 aliphatic rings. The van der Waals surface area contributed by atoms with E-state index < -0.39 is 0 Å². The predicted octanol–water partition coefficient (Wildman–Crippen LogP) is 3.96. The van der Waals surface area contributed by atoms with Crippen LogP contribution in [-0.2, 0) is 0 Å². The predicted molar refractivity (Wildman–Crippen MR) is 113 cm³/mol. The lowest BCUT2D eigenvalue weighted by Crippen LogP contribution is -2.49. The van der Waals surface area contributed by atoms with E-state index in [-0.39, 0.29) is 0 Å². The number of methoxy groups -OCH3 is 1. The molecule has 0 N–H and O–H groups in total. The van der Waals surface area contributed by atoms with Gasteiger partial charge in [0.25, 0.3) is 0 Å². The molecule has 1 saturated carbocycles. The fraction of sp³-hybridized carbons (Fsp3) is 0.435. The molecular formula is C23H28N4O. The molecule has 0 spiro atoms. The second kappa shape index (κ2) is 7.47. The SMILES string of the molecule is COc1ccc(N2CCN(C3CCC(n4ncc5ccccc54)C3)CC2)cc1. The van der Waals surface area contributed by atoms with Crippen molar-refractivity contribution in [3.63, 3.8) is 0 Å². The molecule has 146 valence electrons. The highest BCUT2D eigenvalue weighted by Crippen LogP contribution is 2.35. The van der Waals surface area contributed by atoms with Gasteiger partial charge in [-0.15, -0.1) is 0 Å². The first-order chi connectivity index (χ1) is 13.8. The van der Waals surface area contributed by atoms with Gasteiger partial charge in [-0.2, -0.15) is 5.10 Å². The van der Waals surface area contributed by atoms with Gasteiger partial charge < -0.3 is 9.64 Å². The Kier molecular flexibility index (Phi) is 4.69. The molecule has 1 aliphatic carbocycles. The summed E-state index contributed by atoms with van der Waals surface area (Å²) in [7, 11) is 1.72. The molecule has 2 atom stereocenters. The average Bonchev–Trinajstić information content (AvgIpc) is 3.41. The lowest BCUT2D eigenvalue weighted by atomic mass is 10.1. The molecule has 3 aromatic rings. The van der Waals surface area contributed by atoms with E-state index in [4.69, 9.17) is 9.84 Å². The number of aromatic nitrogens is 2. The molecule has 2 fully saturated rings. The van der Waals surface area contributed by atoms with Crippen LogP contribution >= 0.6 is 0 Å². The molecule has 5 nitrogen and oxygen atoms in total. The molecule has 0 bridgehead atoms. The van der Waals surface area contributed by atoms with Gasteiger partial charge >= 0.3 is 0 Å². The van der Waals surface area contributed by atoms with E-state index in [1.54, 1.807) is 7.11 Å². The maximum absolute atomic E-state index is 5.27. The van der Waals surface area contributed by atoms with Crippen LogP contribution in [0.2, 0.25) is 0 Å². The second-order valence-electron chi connectivity index (χ2n) is 7.99. The standard InChI is InChI=1S/C23H28N4O/c1-28-22-10-8-19(9-11-22)25-12-14-26(15-13-25)20-6-7-21(16-20)27-23-5-3-2-4-18(23)17-24-27/h2-5,8-11,17,20-21H,6-7,12-16H2,1H3. The average molecular weight is 377 g/mol. The fourth-order valence-electron chi connectivity index (χ4n) is 4.91. The van der Waals surface area contributed by atoms with Crippen LogP contribution in [0.3, 0.4) is 0 Å². The van der Waals surface area contributed by atoms with Crippen LogP contribution in [0.4, 0.5) is 5.69 Å². The Morgan fingerprint density at radius 2 is 1.64 bits per heavy atom. The van der Waals surface area contributed by atoms with Crippen LogP contribution in [0, 0.1) is 0 Å². The van der Waals surface area contributed by atoms with E-state index in [2.05, 4.69) is 63.0 Å². The molecule has 1 saturated heterocycles. The lowest BCUT2D eigenvalue weighted by Gasteiger charge is -2.39. The van der Waals surface area contributed by atoms with Crippen molar-refractivity contribution < 1.29 is 4.74 Å². The molecule has 0 radical (unpaired) electrons. The van der Waals surface area contributed by atoms with Gasteiger partial charge in [-0.05, 0) is 49.6 Å². The van der Waals surface area contributed by atoms with E-state index in [1.165, 1.54) is 35.9 Å². The number of nitrogens with zero attached hydrogens (tertiary/aromatic N) is 4. The lowest BCUT2D eigenvalue weighted by molar-refractivity contribution is 0.183. The summed E-state index contributed by atoms with van der Waals surface area (Å²) < 4.78 is 7.54. The van der Waals surface area contributed by atoms with Crippen molar-refractivity contribution in [1.29, 1.82) is 0 Å². The second-order valence-corrected chi connectivity index (χ2v) is 7.99. The van der Waals surface area contributed by atoms with Gasteiger partial charge in [-0.25, -0.2) is 0 Å². The van der Waals surface area contributed by atoms with Gasteiger partial charge in [0.05, 0.1) is 24.9 Å².